The van der Waals surface area contributed by atoms with E-state index in [-0.39, 0.29) is 23.5 Å². The van der Waals surface area contributed by atoms with E-state index in [1.54, 1.807) is 10.4 Å². The van der Waals surface area contributed by atoms with Gasteiger partial charge in [-0.2, -0.15) is 0 Å². The van der Waals surface area contributed by atoms with Crippen LogP contribution in [0.15, 0.2) is 45.2 Å². The number of aryl methyl sites for hydroxylation is 1. The van der Waals surface area contributed by atoms with Crippen molar-refractivity contribution in [2.24, 2.45) is 0 Å². The van der Waals surface area contributed by atoms with Gasteiger partial charge < -0.3 is 9.32 Å². The first kappa shape index (κ1) is 18.8. The average molecular weight is 399 g/mol. The lowest BCUT2D eigenvalue weighted by atomic mass is 10.0. The van der Waals surface area contributed by atoms with Crippen LogP contribution in [-0.2, 0) is 16.0 Å². The lowest BCUT2D eigenvalue weighted by molar-refractivity contribution is -0.130. The molecule has 0 spiro atoms. The highest BCUT2D eigenvalue weighted by atomic mass is 32.2. The Morgan fingerprint density at radius 2 is 2.14 bits per heavy atom. The summed E-state index contributed by atoms with van der Waals surface area (Å²) in [6, 6.07) is 9.61. The van der Waals surface area contributed by atoms with Gasteiger partial charge in [-0.05, 0) is 31.9 Å². The molecule has 0 fully saturated rings. The summed E-state index contributed by atoms with van der Waals surface area (Å²) in [6.45, 7) is 2.97. The Labute approximate surface area is 166 Å². The highest BCUT2D eigenvalue weighted by Crippen LogP contribution is 2.42. The van der Waals surface area contributed by atoms with Gasteiger partial charge in [0.05, 0.1) is 23.9 Å². The smallest absolute Gasteiger partial charge is 0.257 e. The molecule has 0 bridgehead atoms. The zero-order valence-corrected chi connectivity index (χ0v) is 16.3. The van der Waals surface area contributed by atoms with Gasteiger partial charge in [-0.3, -0.25) is 14.8 Å². The Balaban J connectivity index is 1.42. The van der Waals surface area contributed by atoms with Crippen molar-refractivity contribution in [3.8, 4) is 11.5 Å². The van der Waals surface area contributed by atoms with Crippen LogP contribution in [0.4, 0.5) is 0 Å². The predicted molar refractivity (Wildman–Crippen MR) is 105 cm³/mol. The second-order valence-corrected chi connectivity index (χ2v) is 8.24. The van der Waals surface area contributed by atoms with E-state index in [1.807, 2.05) is 37.3 Å². The molecule has 0 saturated heterocycles. The summed E-state index contributed by atoms with van der Waals surface area (Å²) in [5.41, 5.74) is 4.47. The Morgan fingerprint density at radius 1 is 1.36 bits per heavy atom. The summed E-state index contributed by atoms with van der Waals surface area (Å²) in [7, 11) is 0. The number of hydrogen-bond donors (Lipinski definition) is 2. The number of carbonyl (C=O) groups is 2. The van der Waals surface area contributed by atoms with E-state index < -0.39 is 0 Å². The fourth-order valence-electron chi connectivity index (χ4n) is 3.53. The summed E-state index contributed by atoms with van der Waals surface area (Å²) < 4.78 is 5.75. The van der Waals surface area contributed by atoms with Gasteiger partial charge in [-0.15, -0.1) is 11.8 Å². The minimum atomic E-state index is -0.385. The molecule has 1 atom stereocenters. The molecule has 4 rings (SSSR count). The van der Waals surface area contributed by atoms with Gasteiger partial charge in [0, 0.05) is 17.0 Å². The van der Waals surface area contributed by atoms with Gasteiger partial charge >= 0.3 is 0 Å². The van der Waals surface area contributed by atoms with Crippen molar-refractivity contribution < 1.29 is 19.2 Å². The molecule has 2 aliphatic heterocycles. The van der Waals surface area contributed by atoms with Crippen molar-refractivity contribution in [3.63, 3.8) is 0 Å². The van der Waals surface area contributed by atoms with Gasteiger partial charge in [0.1, 0.15) is 5.76 Å². The second kappa shape index (κ2) is 7.81. The first-order valence-corrected chi connectivity index (χ1v) is 10.0. The summed E-state index contributed by atoms with van der Waals surface area (Å²) in [5.74, 6) is 0.787. The number of hydroxylamine groups is 1. The fraction of sp³-hybridized carbons (Fsp3) is 0.350. The van der Waals surface area contributed by atoms with Crippen LogP contribution in [0.3, 0.4) is 0 Å². The first-order valence-electron chi connectivity index (χ1n) is 9.16. The van der Waals surface area contributed by atoms with E-state index in [4.69, 9.17) is 9.62 Å². The molecule has 0 radical (unpaired) electrons. The van der Waals surface area contributed by atoms with Gasteiger partial charge in [-0.1, -0.05) is 23.8 Å². The number of thioether (sulfide) groups is 1. The molecule has 0 saturated carbocycles. The van der Waals surface area contributed by atoms with E-state index in [9.17, 15) is 9.59 Å². The van der Waals surface area contributed by atoms with Crippen LogP contribution < -0.4 is 5.48 Å². The molecule has 0 aliphatic carbocycles. The quantitative estimate of drug-likeness (QED) is 0.606. The van der Waals surface area contributed by atoms with E-state index in [1.165, 1.54) is 17.3 Å². The fourth-order valence-corrected chi connectivity index (χ4v) is 4.90. The molecule has 7 nitrogen and oxygen atoms in total. The van der Waals surface area contributed by atoms with Crippen molar-refractivity contribution in [2.45, 2.75) is 31.4 Å². The lowest BCUT2D eigenvalue weighted by Crippen LogP contribution is -2.37. The number of carbonyl (C=O) groups excluding carboxylic acids is 2. The molecule has 2 aliphatic rings. The molecule has 2 aromatic rings. The summed E-state index contributed by atoms with van der Waals surface area (Å²) in [6.07, 6.45) is 1.59. The average Bonchev–Trinajstić information content (AvgIpc) is 3.31. The maximum absolute atomic E-state index is 12.8. The molecule has 2 amide bonds. The number of amides is 2. The van der Waals surface area contributed by atoms with Crippen LogP contribution >= 0.6 is 11.8 Å². The van der Waals surface area contributed by atoms with Crippen molar-refractivity contribution in [1.82, 2.24) is 15.4 Å². The topological polar surface area (TPSA) is 95.7 Å². The van der Waals surface area contributed by atoms with Crippen molar-refractivity contribution in [3.05, 3.63) is 52.3 Å². The third kappa shape index (κ3) is 3.70. The Morgan fingerprint density at radius 3 is 2.89 bits per heavy atom. The van der Waals surface area contributed by atoms with Crippen molar-refractivity contribution >= 4 is 23.6 Å². The zero-order valence-electron chi connectivity index (χ0n) is 15.5. The van der Waals surface area contributed by atoms with Crippen LogP contribution in [-0.4, -0.2) is 45.2 Å². The molecule has 146 valence electrons. The zero-order chi connectivity index (χ0) is 19.7. The first-order chi connectivity index (χ1) is 13.5. The number of rotatable bonds is 4. The van der Waals surface area contributed by atoms with Crippen LogP contribution in [0.25, 0.3) is 11.5 Å². The minimum absolute atomic E-state index is 0.00165. The highest BCUT2D eigenvalue weighted by Gasteiger charge is 2.34. The molecule has 1 aromatic heterocycles. The molecule has 2 N–H and O–H groups in total. The SMILES string of the molecule is Cc1oc(-c2ccccc2)nc1CC(=O)N1CCC2=C(C1)SC(C(=O)NO)C2. The summed E-state index contributed by atoms with van der Waals surface area (Å²) in [5, 5.41) is 8.52. The van der Waals surface area contributed by atoms with E-state index in [2.05, 4.69) is 4.98 Å². The van der Waals surface area contributed by atoms with Gasteiger partial charge in [0.2, 0.25) is 11.8 Å². The molecule has 1 unspecified atom stereocenters. The monoisotopic (exact) mass is 399 g/mol. The Hall–Kier alpha value is -2.58. The van der Waals surface area contributed by atoms with Gasteiger partial charge in [0.25, 0.3) is 5.91 Å². The maximum Gasteiger partial charge on any atom is 0.257 e. The third-order valence-corrected chi connectivity index (χ3v) is 6.48. The minimum Gasteiger partial charge on any atom is -0.441 e. The maximum atomic E-state index is 12.8. The van der Waals surface area contributed by atoms with Crippen LogP contribution in [0.1, 0.15) is 24.3 Å². The number of aromatic nitrogens is 1. The van der Waals surface area contributed by atoms with E-state index in [0.717, 1.165) is 16.9 Å². The normalized spacial score (nSPS) is 18.9. The molecule has 1 aromatic carbocycles. The van der Waals surface area contributed by atoms with Crippen LogP contribution in [0, 0.1) is 6.92 Å². The Kier molecular flexibility index (Phi) is 5.23. The van der Waals surface area contributed by atoms with Crippen molar-refractivity contribution in [1.29, 1.82) is 0 Å². The number of nitrogens with one attached hydrogen (secondary N) is 1. The van der Waals surface area contributed by atoms with E-state index in [0.29, 0.717) is 36.9 Å². The predicted octanol–water partition coefficient (Wildman–Crippen LogP) is 2.69. The molecular formula is C20H21N3O4S. The standard InChI is InChI=1S/C20H21N3O4S/c1-12-15(21-20(27-12)13-5-3-2-4-6-13)10-18(24)23-8-7-14-9-16(19(25)22-26)28-17(14)11-23/h2-6,16,26H,7-11H2,1H3,(H,22,25). The molecule has 3 heterocycles. The number of nitrogens with zero attached hydrogens (tertiary/aromatic N) is 2. The number of oxazole rings is 1. The van der Waals surface area contributed by atoms with Gasteiger partial charge in [-0.25, -0.2) is 10.5 Å². The van der Waals surface area contributed by atoms with Crippen molar-refractivity contribution in [2.75, 3.05) is 13.1 Å². The summed E-state index contributed by atoms with van der Waals surface area (Å²) >= 11 is 1.44. The largest absolute Gasteiger partial charge is 0.441 e. The highest BCUT2D eigenvalue weighted by molar-refractivity contribution is 8.04. The number of benzene rings is 1. The van der Waals surface area contributed by atoms with Crippen LogP contribution in [0.5, 0.6) is 0 Å². The lowest BCUT2D eigenvalue weighted by Gasteiger charge is -2.27. The van der Waals surface area contributed by atoms with Crippen LogP contribution in [0.2, 0.25) is 0 Å². The third-order valence-electron chi connectivity index (χ3n) is 5.12. The molecule has 28 heavy (non-hydrogen) atoms. The number of hydrogen-bond acceptors (Lipinski definition) is 6. The summed E-state index contributed by atoms with van der Waals surface area (Å²) in [4.78, 5) is 31.9. The molecule has 8 heteroatoms. The molecular weight excluding hydrogens is 378 g/mol. The second-order valence-electron chi connectivity index (χ2n) is 6.94. The van der Waals surface area contributed by atoms with E-state index >= 15 is 0 Å². The Bertz CT molecular complexity index is 938. The van der Waals surface area contributed by atoms with Gasteiger partial charge in [0.15, 0.2) is 0 Å².